The summed E-state index contributed by atoms with van der Waals surface area (Å²) >= 11 is 1.45. The number of carbonyl (C=O) groups is 1. The third-order valence-corrected chi connectivity index (χ3v) is 6.20. The van der Waals surface area contributed by atoms with Gasteiger partial charge in [-0.1, -0.05) is 0 Å². The lowest BCUT2D eigenvalue weighted by Gasteiger charge is -2.16. The lowest BCUT2D eigenvalue weighted by Crippen LogP contribution is -2.30. The molecule has 8 heteroatoms. The number of fused-ring (bicyclic) bond motifs is 1. The minimum atomic E-state index is 0.0101. The molecule has 3 heterocycles. The summed E-state index contributed by atoms with van der Waals surface area (Å²) in [6.45, 7) is 4.28. The second-order valence-electron chi connectivity index (χ2n) is 7.27. The van der Waals surface area contributed by atoms with Crippen molar-refractivity contribution in [2.45, 2.75) is 38.8 Å². The molecular formula is C20H25N5O2S. The number of ether oxygens (including phenoxy) is 1. The molecule has 3 aromatic rings. The Labute approximate surface area is 167 Å². The number of anilines is 1. The van der Waals surface area contributed by atoms with E-state index in [1.807, 2.05) is 29.8 Å². The van der Waals surface area contributed by atoms with Gasteiger partial charge >= 0.3 is 0 Å². The van der Waals surface area contributed by atoms with Crippen LogP contribution in [0.2, 0.25) is 0 Å². The molecule has 0 aliphatic carbocycles. The van der Waals surface area contributed by atoms with Crippen LogP contribution in [0, 0.1) is 5.92 Å². The molecule has 0 saturated carbocycles. The lowest BCUT2D eigenvalue weighted by atomic mass is 9.91. The fraction of sp³-hybridized carbons (Fsp3) is 0.400. The average molecular weight is 400 g/mol. The molecular weight excluding hydrogens is 374 g/mol. The van der Waals surface area contributed by atoms with E-state index in [9.17, 15) is 4.79 Å². The first-order chi connectivity index (χ1) is 13.5. The maximum Gasteiger partial charge on any atom is 0.226 e. The number of benzene rings is 1. The van der Waals surface area contributed by atoms with E-state index in [2.05, 4.69) is 40.0 Å². The highest BCUT2D eigenvalue weighted by Gasteiger charge is 2.29. The van der Waals surface area contributed by atoms with Crippen LogP contribution in [-0.2, 0) is 4.79 Å². The molecule has 4 N–H and O–H groups in total. The smallest absolute Gasteiger partial charge is 0.226 e. The van der Waals surface area contributed by atoms with Gasteiger partial charge in [-0.15, -0.1) is 11.3 Å². The summed E-state index contributed by atoms with van der Waals surface area (Å²) in [5, 5.41) is 6.62. The standard InChI is InChI=1S/C20H25N5O2S/c1-11-14(12(2)25-24-11)6-7-19(26)23-20-22-18(10-28-20)16-9-21-17-8-13(27-3)4-5-15(16)17/h4-5,8-12,14,21,24-25H,6-7H2,1-3H3,(H,22,23,26). The maximum atomic E-state index is 12.4. The number of H-pyrrole nitrogens is 1. The molecule has 28 heavy (non-hydrogen) atoms. The third-order valence-electron chi connectivity index (χ3n) is 5.44. The SMILES string of the molecule is COc1ccc2c(-c3csc(NC(=O)CCC4C(C)NNC4C)n3)c[nH]c2c1. The Morgan fingerprint density at radius 2 is 2.07 bits per heavy atom. The van der Waals surface area contributed by atoms with E-state index in [-0.39, 0.29) is 5.91 Å². The van der Waals surface area contributed by atoms with E-state index in [4.69, 9.17) is 4.74 Å². The number of carbonyl (C=O) groups excluding carboxylic acids is 1. The number of hydrogen-bond acceptors (Lipinski definition) is 6. The summed E-state index contributed by atoms with van der Waals surface area (Å²) < 4.78 is 5.27. The van der Waals surface area contributed by atoms with Gasteiger partial charge in [0.2, 0.25) is 5.91 Å². The zero-order valence-corrected chi connectivity index (χ0v) is 17.0. The van der Waals surface area contributed by atoms with Crippen LogP contribution < -0.4 is 20.9 Å². The van der Waals surface area contributed by atoms with Crippen LogP contribution in [-0.4, -0.2) is 35.1 Å². The van der Waals surface area contributed by atoms with Gasteiger partial charge in [-0.3, -0.25) is 15.6 Å². The maximum absolute atomic E-state index is 12.4. The Morgan fingerprint density at radius 1 is 1.29 bits per heavy atom. The molecule has 1 aromatic carbocycles. The Kier molecular flexibility index (Phi) is 5.34. The normalized spacial score (nSPS) is 21.9. The Bertz CT molecular complexity index is 972. The van der Waals surface area contributed by atoms with Gasteiger partial charge < -0.3 is 15.0 Å². The summed E-state index contributed by atoms with van der Waals surface area (Å²) in [5.41, 5.74) is 9.32. The zero-order chi connectivity index (χ0) is 19.7. The second-order valence-corrected chi connectivity index (χ2v) is 8.13. The lowest BCUT2D eigenvalue weighted by molar-refractivity contribution is -0.116. The first-order valence-electron chi connectivity index (χ1n) is 9.47. The molecule has 148 valence electrons. The molecule has 0 radical (unpaired) electrons. The summed E-state index contributed by atoms with van der Waals surface area (Å²) in [7, 11) is 1.65. The van der Waals surface area contributed by atoms with E-state index >= 15 is 0 Å². The van der Waals surface area contributed by atoms with Crippen molar-refractivity contribution in [2.75, 3.05) is 12.4 Å². The van der Waals surface area contributed by atoms with Crippen molar-refractivity contribution < 1.29 is 9.53 Å². The number of aromatic amines is 1. The third kappa shape index (κ3) is 3.76. The van der Waals surface area contributed by atoms with Crippen molar-refractivity contribution in [1.82, 2.24) is 20.8 Å². The molecule has 0 spiro atoms. The first-order valence-corrected chi connectivity index (χ1v) is 10.3. The predicted molar refractivity (Wildman–Crippen MR) is 113 cm³/mol. The van der Waals surface area contributed by atoms with Gasteiger partial charge in [0.05, 0.1) is 12.8 Å². The van der Waals surface area contributed by atoms with Gasteiger partial charge in [0.25, 0.3) is 0 Å². The van der Waals surface area contributed by atoms with E-state index in [1.165, 1.54) is 11.3 Å². The van der Waals surface area contributed by atoms with Crippen molar-refractivity contribution in [3.8, 4) is 17.0 Å². The van der Waals surface area contributed by atoms with Gasteiger partial charge in [-0.25, -0.2) is 4.98 Å². The number of nitrogens with one attached hydrogen (secondary N) is 4. The fourth-order valence-corrected chi connectivity index (χ4v) is 4.52. The van der Waals surface area contributed by atoms with Gasteiger partial charge in [0.1, 0.15) is 5.75 Å². The number of thiazole rings is 1. The summed E-state index contributed by atoms with van der Waals surface area (Å²) in [6, 6.07) is 6.65. The molecule has 2 atom stereocenters. The first kappa shape index (κ1) is 18.9. The number of hydrazine groups is 1. The van der Waals surface area contributed by atoms with E-state index in [1.54, 1.807) is 7.11 Å². The van der Waals surface area contributed by atoms with Crippen molar-refractivity contribution in [1.29, 1.82) is 0 Å². The number of aromatic nitrogens is 2. The van der Waals surface area contributed by atoms with E-state index < -0.39 is 0 Å². The Morgan fingerprint density at radius 3 is 2.82 bits per heavy atom. The summed E-state index contributed by atoms with van der Waals surface area (Å²) in [5.74, 6) is 1.26. The second kappa shape index (κ2) is 7.90. The highest BCUT2D eigenvalue weighted by atomic mass is 32.1. The van der Waals surface area contributed by atoms with Crippen molar-refractivity contribution in [3.63, 3.8) is 0 Å². The Hall–Kier alpha value is -2.42. The topological polar surface area (TPSA) is 91.1 Å². The molecule has 1 aliphatic heterocycles. The van der Waals surface area contributed by atoms with Gasteiger partial charge in [0.15, 0.2) is 5.13 Å². The summed E-state index contributed by atoms with van der Waals surface area (Å²) in [4.78, 5) is 20.2. The van der Waals surface area contributed by atoms with Crippen LogP contribution in [0.1, 0.15) is 26.7 Å². The molecule has 0 bridgehead atoms. The predicted octanol–water partition coefficient (Wildman–Crippen LogP) is 3.52. The van der Waals surface area contributed by atoms with Crippen molar-refractivity contribution >= 4 is 33.3 Å². The zero-order valence-electron chi connectivity index (χ0n) is 16.2. The molecule has 2 aromatic heterocycles. The highest BCUT2D eigenvalue weighted by molar-refractivity contribution is 7.14. The molecule has 1 fully saturated rings. The number of amides is 1. The monoisotopic (exact) mass is 399 g/mol. The number of hydrogen-bond donors (Lipinski definition) is 4. The molecule has 2 unspecified atom stereocenters. The minimum absolute atomic E-state index is 0.0101. The fourth-order valence-electron chi connectivity index (χ4n) is 3.79. The largest absolute Gasteiger partial charge is 0.497 e. The molecule has 1 amide bonds. The van der Waals surface area contributed by atoms with E-state index in [0.717, 1.165) is 34.3 Å². The van der Waals surface area contributed by atoms with Crippen LogP contribution in [0.4, 0.5) is 5.13 Å². The molecule has 4 rings (SSSR count). The van der Waals surface area contributed by atoms with Crippen LogP contribution in [0.15, 0.2) is 29.8 Å². The van der Waals surface area contributed by atoms with Gasteiger partial charge in [-0.2, -0.15) is 0 Å². The Balaban J connectivity index is 1.41. The van der Waals surface area contributed by atoms with Crippen LogP contribution >= 0.6 is 11.3 Å². The molecule has 7 nitrogen and oxygen atoms in total. The number of rotatable bonds is 6. The number of nitrogens with zero attached hydrogens (tertiary/aromatic N) is 1. The molecule has 1 aliphatic rings. The van der Waals surface area contributed by atoms with Crippen LogP contribution in [0.25, 0.3) is 22.2 Å². The minimum Gasteiger partial charge on any atom is -0.497 e. The molecule has 1 saturated heterocycles. The number of methoxy groups -OCH3 is 1. The average Bonchev–Trinajstić information content (AvgIpc) is 3.39. The van der Waals surface area contributed by atoms with Gasteiger partial charge in [-0.05, 0) is 38.3 Å². The quantitative estimate of drug-likeness (QED) is 0.509. The summed E-state index contributed by atoms with van der Waals surface area (Å²) in [6.07, 6.45) is 3.27. The van der Waals surface area contributed by atoms with Crippen LogP contribution in [0.5, 0.6) is 5.75 Å². The highest BCUT2D eigenvalue weighted by Crippen LogP contribution is 2.32. The van der Waals surface area contributed by atoms with Crippen molar-refractivity contribution in [2.24, 2.45) is 5.92 Å². The van der Waals surface area contributed by atoms with Crippen LogP contribution in [0.3, 0.4) is 0 Å². The van der Waals surface area contributed by atoms with Gasteiger partial charge in [0, 0.05) is 52.6 Å². The van der Waals surface area contributed by atoms with E-state index in [0.29, 0.717) is 29.6 Å². The van der Waals surface area contributed by atoms with Crippen molar-refractivity contribution in [3.05, 3.63) is 29.8 Å².